The molecule has 1 amide bonds. The van der Waals surface area contributed by atoms with Gasteiger partial charge in [0, 0.05) is 14.2 Å². The highest BCUT2D eigenvalue weighted by atomic mass is 16.7. The van der Waals surface area contributed by atoms with Gasteiger partial charge in [0.05, 0.1) is 32.4 Å². The van der Waals surface area contributed by atoms with E-state index < -0.39 is 29.8 Å². The Kier molecular flexibility index (Phi) is 6.23. The Bertz CT molecular complexity index is 724. The van der Waals surface area contributed by atoms with Crippen LogP contribution in [0.15, 0.2) is 29.5 Å². The average Bonchev–Trinajstić information content (AvgIpc) is 2.90. The van der Waals surface area contributed by atoms with Crippen molar-refractivity contribution in [1.82, 2.24) is 4.90 Å². The highest BCUT2D eigenvalue weighted by Crippen LogP contribution is 2.40. The third-order valence-corrected chi connectivity index (χ3v) is 4.28. The molecule has 1 aromatic rings. The standard InChI is InChI=1S/C18H23NO7/c1-10(20)15-16(11-6-7-12(23-2)13(8-11)24-3)19(18(22)17(15)21)9-14(25-4)26-5/h6-8,14,16,21H,9H2,1-5H3/t16-/m0/s1. The van der Waals surface area contributed by atoms with E-state index in [9.17, 15) is 14.7 Å². The lowest BCUT2D eigenvalue weighted by Gasteiger charge is -2.29. The second-order valence-corrected chi connectivity index (χ2v) is 5.69. The molecule has 0 saturated carbocycles. The third-order valence-electron chi connectivity index (χ3n) is 4.28. The van der Waals surface area contributed by atoms with Crippen molar-refractivity contribution in [3.63, 3.8) is 0 Å². The van der Waals surface area contributed by atoms with Crippen LogP contribution in [0.1, 0.15) is 18.5 Å². The molecule has 142 valence electrons. The molecule has 0 unspecified atom stereocenters. The van der Waals surface area contributed by atoms with Crippen molar-refractivity contribution in [3.8, 4) is 11.5 Å². The number of nitrogens with zero attached hydrogens (tertiary/aromatic N) is 1. The quantitative estimate of drug-likeness (QED) is 0.699. The van der Waals surface area contributed by atoms with Gasteiger partial charge in [-0.25, -0.2) is 0 Å². The largest absolute Gasteiger partial charge is 0.503 e. The summed E-state index contributed by atoms with van der Waals surface area (Å²) >= 11 is 0. The summed E-state index contributed by atoms with van der Waals surface area (Å²) in [4.78, 5) is 26.0. The van der Waals surface area contributed by atoms with E-state index in [0.717, 1.165) is 0 Å². The van der Waals surface area contributed by atoms with Gasteiger partial charge in [0.25, 0.3) is 5.91 Å². The molecule has 1 heterocycles. The number of carbonyl (C=O) groups is 2. The smallest absolute Gasteiger partial charge is 0.290 e. The summed E-state index contributed by atoms with van der Waals surface area (Å²) in [7, 11) is 5.89. The molecule has 2 rings (SSSR count). The summed E-state index contributed by atoms with van der Waals surface area (Å²) in [5, 5.41) is 10.2. The van der Waals surface area contributed by atoms with Crippen molar-refractivity contribution in [3.05, 3.63) is 35.1 Å². The first-order valence-electron chi connectivity index (χ1n) is 7.92. The van der Waals surface area contributed by atoms with Crippen molar-refractivity contribution >= 4 is 11.7 Å². The fourth-order valence-corrected chi connectivity index (χ4v) is 2.98. The molecule has 8 nitrogen and oxygen atoms in total. The van der Waals surface area contributed by atoms with Crippen LogP contribution in [-0.2, 0) is 19.1 Å². The first-order chi connectivity index (χ1) is 12.4. The number of hydrogen-bond donors (Lipinski definition) is 1. The van der Waals surface area contributed by atoms with Gasteiger partial charge >= 0.3 is 0 Å². The van der Waals surface area contributed by atoms with Crippen LogP contribution in [0.25, 0.3) is 0 Å². The van der Waals surface area contributed by atoms with Crippen molar-refractivity contribution in [1.29, 1.82) is 0 Å². The van der Waals surface area contributed by atoms with Crippen molar-refractivity contribution in [2.45, 2.75) is 19.3 Å². The Morgan fingerprint density at radius 1 is 1.15 bits per heavy atom. The first-order valence-corrected chi connectivity index (χ1v) is 7.92. The van der Waals surface area contributed by atoms with Crippen LogP contribution in [-0.4, -0.2) is 63.0 Å². The molecular formula is C18H23NO7. The molecule has 1 aromatic carbocycles. The van der Waals surface area contributed by atoms with Crippen LogP contribution in [0.4, 0.5) is 0 Å². The number of ketones is 1. The fraction of sp³-hybridized carbons (Fsp3) is 0.444. The molecule has 0 spiro atoms. The summed E-state index contributed by atoms with van der Waals surface area (Å²) in [5.74, 6) is -0.667. The topological polar surface area (TPSA) is 94.5 Å². The van der Waals surface area contributed by atoms with Gasteiger partial charge in [-0.1, -0.05) is 6.07 Å². The minimum Gasteiger partial charge on any atom is -0.503 e. The monoisotopic (exact) mass is 365 g/mol. The van der Waals surface area contributed by atoms with Gasteiger partial charge in [-0.05, 0) is 24.6 Å². The maximum Gasteiger partial charge on any atom is 0.290 e. The number of carbonyl (C=O) groups excluding carboxylic acids is 2. The Hall–Kier alpha value is -2.58. The van der Waals surface area contributed by atoms with Crippen LogP contribution >= 0.6 is 0 Å². The molecule has 0 bridgehead atoms. The Labute approximate surface area is 151 Å². The number of ether oxygens (including phenoxy) is 4. The molecule has 0 saturated heterocycles. The second kappa shape index (κ2) is 8.20. The lowest BCUT2D eigenvalue weighted by Crippen LogP contribution is -2.38. The highest BCUT2D eigenvalue weighted by molar-refractivity contribution is 6.08. The van der Waals surface area contributed by atoms with Gasteiger partial charge < -0.3 is 29.0 Å². The molecule has 0 aromatic heterocycles. The normalized spacial score (nSPS) is 17.2. The molecular weight excluding hydrogens is 342 g/mol. The van der Waals surface area contributed by atoms with Crippen LogP contribution in [0.2, 0.25) is 0 Å². The predicted molar refractivity (Wildman–Crippen MR) is 92.1 cm³/mol. The molecule has 1 aliphatic heterocycles. The molecule has 0 fully saturated rings. The zero-order valence-electron chi connectivity index (χ0n) is 15.4. The third kappa shape index (κ3) is 3.51. The first kappa shape index (κ1) is 19.7. The van der Waals surface area contributed by atoms with Crippen molar-refractivity contribution in [2.75, 3.05) is 35.0 Å². The Morgan fingerprint density at radius 3 is 2.27 bits per heavy atom. The number of amides is 1. The van der Waals surface area contributed by atoms with Gasteiger partial charge in [-0.3, -0.25) is 9.59 Å². The van der Waals surface area contributed by atoms with E-state index in [1.54, 1.807) is 18.2 Å². The van der Waals surface area contributed by atoms with Crippen LogP contribution in [0.3, 0.4) is 0 Å². The SMILES string of the molecule is COc1ccc([C@H]2C(C(C)=O)=C(O)C(=O)N2CC(OC)OC)cc1OC. The maximum atomic E-state index is 12.5. The predicted octanol–water partition coefficient (Wildman–Crippen LogP) is 1.61. The summed E-state index contributed by atoms with van der Waals surface area (Å²) in [6, 6.07) is 4.27. The van der Waals surface area contributed by atoms with E-state index in [2.05, 4.69) is 0 Å². The minimum atomic E-state index is -0.785. The van der Waals surface area contributed by atoms with Crippen molar-refractivity contribution < 1.29 is 33.6 Å². The number of Topliss-reactive ketones (excluding diaryl/α,β-unsaturated/α-hetero) is 1. The van der Waals surface area contributed by atoms with E-state index in [4.69, 9.17) is 18.9 Å². The molecule has 0 radical (unpaired) electrons. The number of aliphatic hydroxyl groups excluding tert-OH is 1. The minimum absolute atomic E-state index is 0.0215. The zero-order chi connectivity index (χ0) is 19.4. The maximum absolute atomic E-state index is 12.5. The number of aliphatic hydroxyl groups is 1. The van der Waals surface area contributed by atoms with Gasteiger partial charge in [-0.15, -0.1) is 0 Å². The molecule has 1 N–H and O–H groups in total. The fourth-order valence-electron chi connectivity index (χ4n) is 2.98. The lowest BCUT2D eigenvalue weighted by atomic mass is 9.96. The molecule has 1 atom stereocenters. The Balaban J connectivity index is 2.54. The van der Waals surface area contributed by atoms with Crippen molar-refractivity contribution in [2.24, 2.45) is 0 Å². The number of rotatable bonds is 8. The number of benzene rings is 1. The molecule has 8 heteroatoms. The average molecular weight is 365 g/mol. The summed E-state index contributed by atoms with van der Waals surface area (Å²) < 4.78 is 20.8. The van der Waals surface area contributed by atoms with E-state index in [1.807, 2.05) is 0 Å². The van der Waals surface area contributed by atoms with Gasteiger partial charge in [0.15, 0.2) is 29.3 Å². The second-order valence-electron chi connectivity index (χ2n) is 5.69. The van der Waals surface area contributed by atoms with Crippen LogP contribution in [0.5, 0.6) is 11.5 Å². The van der Waals surface area contributed by atoms with E-state index >= 15 is 0 Å². The van der Waals surface area contributed by atoms with Crippen LogP contribution < -0.4 is 9.47 Å². The number of hydrogen-bond acceptors (Lipinski definition) is 7. The van der Waals surface area contributed by atoms with Gasteiger partial charge in [0.1, 0.15) is 0 Å². The zero-order valence-corrected chi connectivity index (χ0v) is 15.4. The molecule has 1 aliphatic rings. The molecule has 0 aliphatic carbocycles. The van der Waals surface area contributed by atoms with E-state index in [1.165, 1.54) is 40.3 Å². The van der Waals surface area contributed by atoms with Gasteiger partial charge in [-0.2, -0.15) is 0 Å². The van der Waals surface area contributed by atoms with E-state index in [0.29, 0.717) is 17.1 Å². The van der Waals surface area contributed by atoms with E-state index in [-0.39, 0.29) is 12.1 Å². The van der Waals surface area contributed by atoms with Gasteiger partial charge in [0.2, 0.25) is 0 Å². The Morgan fingerprint density at radius 2 is 1.77 bits per heavy atom. The summed E-state index contributed by atoms with van der Waals surface area (Å²) in [5.41, 5.74) is 0.615. The molecule has 26 heavy (non-hydrogen) atoms. The highest BCUT2D eigenvalue weighted by Gasteiger charge is 2.43. The summed E-state index contributed by atoms with van der Waals surface area (Å²) in [6.07, 6.45) is -0.708. The lowest BCUT2D eigenvalue weighted by molar-refractivity contribution is -0.144. The summed E-state index contributed by atoms with van der Waals surface area (Å²) in [6.45, 7) is 1.34. The number of methoxy groups -OCH3 is 4. The van der Waals surface area contributed by atoms with Crippen LogP contribution in [0, 0.1) is 0 Å².